The predicted octanol–water partition coefficient (Wildman–Crippen LogP) is 2.99. The fraction of sp³-hybridized carbons (Fsp3) is 0.368. The van der Waals surface area contributed by atoms with Gasteiger partial charge in [-0.3, -0.25) is 4.79 Å². The van der Waals surface area contributed by atoms with Gasteiger partial charge in [-0.2, -0.15) is 9.57 Å². The van der Waals surface area contributed by atoms with Crippen LogP contribution < -0.4 is 5.32 Å². The molecule has 1 aromatic carbocycles. The van der Waals surface area contributed by atoms with E-state index in [1.54, 1.807) is 12.1 Å². The van der Waals surface area contributed by atoms with E-state index in [0.29, 0.717) is 18.0 Å². The SMILES string of the molecule is N#CC(NC(=O)Cc1ccc(S(=O)(=O)N2CCCCC2)s1)c1ccccc1F. The minimum atomic E-state index is -3.54. The maximum Gasteiger partial charge on any atom is 0.252 e. The molecule has 3 rings (SSSR count). The lowest BCUT2D eigenvalue weighted by Crippen LogP contribution is -2.35. The van der Waals surface area contributed by atoms with E-state index < -0.39 is 27.8 Å². The van der Waals surface area contributed by atoms with Gasteiger partial charge < -0.3 is 5.32 Å². The van der Waals surface area contributed by atoms with Crippen molar-refractivity contribution in [1.29, 1.82) is 5.26 Å². The number of amides is 1. The van der Waals surface area contributed by atoms with Crippen molar-refractivity contribution >= 4 is 27.3 Å². The van der Waals surface area contributed by atoms with Gasteiger partial charge >= 0.3 is 0 Å². The number of rotatable bonds is 6. The number of nitrogens with one attached hydrogen (secondary N) is 1. The van der Waals surface area contributed by atoms with Crippen molar-refractivity contribution in [3.8, 4) is 6.07 Å². The molecule has 0 saturated carbocycles. The zero-order valence-corrected chi connectivity index (χ0v) is 16.7. The first-order chi connectivity index (χ1) is 13.4. The van der Waals surface area contributed by atoms with Crippen molar-refractivity contribution in [3.63, 3.8) is 0 Å². The first-order valence-corrected chi connectivity index (χ1v) is 11.2. The van der Waals surface area contributed by atoms with Gasteiger partial charge in [0.25, 0.3) is 10.0 Å². The third-order valence-corrected chi connectivity index (χ3v) is 7.98. The van der Waals surface area contributed by atoms with E-state index in [0.717, 1.165) is 30.6 Å². The summed E-state index contributed by atoms with van der Waals surface area (Å²) in [6.45, 7) is 1.03. The highest BCUT2D eigenvalue weighted by atomic mass is 32.2. The van der Waals surface area contributed by atoms with Crippen molar-refractivity contribution in [2.75, 3.05) is 13.1 Å². The van der Waals surface area contributed by atoms with E-state index in [4.69, 9.17) is 0 Å². The minimum absolute atomic E-state index is 0.0766. The van der Waals surface area contributed by atoms with Crippen molar-refractivity contribution < 1.29 is 17.6 Å². The number of nitrogens with zero attached hydrogens (tertiary/aromatic N) is 2. The Balaban J connectivity index is 1.67. The van der Waals surface area contributed by atoms with Crippen LogP contribution in [-0.4, -0.2) is 31.7 Å². The van der Waals surface area contributed by atoms with Crippen molar-refractivity contribution in [2.45, 2.75) is 35.9 Å². The van der Waals surface area contributed by atoms with Crippen molar-refractivity contribution in [2.24, 2.45) is 0 Å². The summed E-state index contributed by atoms with van der Waals surface area (Å²) in [5, 5.41) is 11.8. The normalized spacial score (nSPS) is 16.3. The fourth-order valence-electron chi connectivity index (χ4n) is 3.08. The van der Waals surface area contributed by atoms with Gasteiger partial charge in [0, 0.05) is 23.5 Å². The molecule has 0 spiro atoms. The van der Waals surface area contributed by atoms with Gasteiger partial charge in [0.05, 0.1) is 12.5 Å². The maximum atomic E-state index is 13.8. The lowest BCUT2D eigenvalue weighted by Gasteiger charge is -2.25. The highest BCUT2D eigenvalue weighted by Gasteiger charge is 2.27. The fourth-order valence-corrected chi connectivity index (χ4v) is 6.11. The highest BCUT2D eigenvalue weighted by Crippen LogP contribution is 2.27. The quantitative estimate of drug-likeness (QED) is 0.776. The zero-order valence-electron chi connectivity index (χ0n) is 15.1. The average Bonchev–Trinajstić information content (AvgIpc) is 3.16. The number of hydrogen-bond acceptors (Lipinski definition) is 5. The Hall–Kier alpha value is -2.28. The van der Waals surface area contributed by atoms with Gasteiger partial charge in [-0.25, -0.2) is 12.8 Å². The summed E-state index contributed by atoms with van der Waals surface area (Å²) < 4.78 is 40.9. The Morgan fingerprint density at radius 3 is 2.61 bits per heavy atom. The molecular formula is C19H20FN3O3S2. The molecule has 9 heteroatoms. The first kappa shape index (κ1) is 20.5. The summed E-state index contributed by atoms with van der Waals surface area (Å²) in [6.07, 6.45) is 2.66. The zero-order chi connectivity index (χ0) is 20.1. The van der Waals surface area contributed by atoms with E-state index in [1.165, 1.54) is 28.6 Å². The number of nitriles is 1. The number of halogens is 1. The van der Waals surface area contributed by atoms with Crippen molar-refractivity contribution in [3.05, 3.63) is 52.7 Å². The lowest BCUT2D eigenvalue weighted by atomic mass is 10.1. The van der Waals surface area contributed by atoms with E-state index in [9.17, 15) is 22.9 Å². The number of carbonyl (C=O) groups excluding carboxylic acids is 1. The molecule has 148 valence electrons. The predicted molar refractivity (Wildman–Crippen MR) is 104 cm³/mol. The summed E-state index contributed by atoms with van der Waals surface area (Å²) in [4.78, 5) is 12.9. The summed E-state index contributed by atoms with van der Waals surface area (Å²) in [6, 6.07) is 9.65. The topological polar surface area (TPSA) is 90.3 Å². The molecule has 0 radical (unpaired) electrons. The molecule has 1 N–H and O–H groups in total. The Labute approximate surface area is 167 Å². The number of hydrogen-bond donors (Lipinski definition) is 1. The summed E-state index contributed by atoms with van der Waals surface area (Å²) in [5.74, 6) is -1.04. The molecule has 1 unspecified atom stereocenters. The third-order valence-electron chi connectivity index (χ3n) is 4.53. The van der Waals surface area contributed by atoms with Crippen LogP contribution in [0.4, 0.5) is 4.39 Å². The molecule has 1 saturated heterocycles. The van der Waals surface area contributed by atoms with Gasteiger partial charge in [-0.05, 0) is 31.0 Å². The van der Waals surface area contributed by atoms with E-state index in [-0.39, 0.29) is 16.2 Å². The molecule has 6 nitrogen and oxygen atoms in total. The van der Waals surface area contributed by atoms with E-state index >= 15 is 0 Å². The van der Waals surface area contributed by atoms with E-state index in [2.05, 4.69) is 5.32 Å². The Kier molecular flexibility index (Phi) is 6.44. The van der Waals surface area contributed by atoms with Crippen LogP contribution >= 0.6 is 11.3 Å². The summed E-state index contributed by atoms with van der Waals surface area (Å²) in [7, 11) is -3.54. The van der Waals surface area contributed by atoms with Crippen molar-refractivity contribution in [1.82, 2.24) is 9.62 Å². The summed E-state index contributed by atoms with van der Waals surface area (Å²) in [5.41, 5.74) is 0.0953. The standard InChI is InChI=1S/C19H20FN3O3S2/c20-16-7-3-2-6-15(16)17(13-21)22-18(24)12-14-8-9-19(27-14)28(25,26)23-10-4-1-5-11-23/h2-3,6-9,17H,1,4-5,10-12H2,(H,22,24). The Bertz CT molecular complexity index is 992. The van der Waals surface area contributed by atoms with Crippen LogP contribution in [0.25, 0.3) is 0 Å². The maximum absolute atomic E-state index is 13.8. The number of sulfonamides is 1. The Morgan fingerprint density at radius 2 is 1.93 bits per heavy atom. The van der Waals surface area contributed by atoms with Crippen LogP contribution in [0.3, 0.4) is 0 Å². The van der Waals surface area contributed by atoms with Crippen LogP contribution in [0.2, 0.25) is 0 Å². The largest absolute Gasteiger partial charge is 0.336 e. The third kappa shape index (κ3) is 4.58. The molecule has 0 aliphatic carbocycles. The lowest BCUT2D eigenvalue weighted by molar-refractivity contribution is -0.120. The number of piperidine rings is 1. The molecule has 1 aliphatic rings. The number of carbonyl (C=O) groups is 1. The monoisotopic (exact) mass is 421 g/mol. The van der Waals surface area contributed by atoms with Crippen LogP contribution in [0.15, 0.2) is 40.6 Å². The second-order valence-corrected chi connectivity index (χ2v) is 9.85. The van der Waals surface area contributed by atoms with Crippen LogP contribution in [0.5, 0.6) is 0 Å². The van der Waals surface area contributed by atoms with E-state index in [1.807, 2.05) is 6.07 Å². The first-order valence-electron chi connectivity index (χ1n) is 8.94. The molecule has 2 heterocycles. The minimum Gasteiger partial charge on any atom is -0.336 e. The van der Waals surface area contributed by atoms with Gasteiger partial charge in [0.15, 0.2) is 0 Å². The van der Waals surface area contributed by atoms with Crippen LogP contribution in [0, 0.1) is 17.1 Å². The molecular weight excluding hydrogens is 401 g/mol. The smallest absolute Gasteiger partial charge is 0.252 e. The molecule has 1 amide bonds. The van der Waals surface area contributed by atoms with Crippen LogP contribution in [0.1, 0.15) is 35.7 Å². The molecule has 2 aromatic rings. The van der Waals surface area contributed by atoms with Gasteiger partial charge in [0.1, 0.15) is 16.1 Å². The number of benzene rings is 1. The molecule has 0 bridgehead atoms. The molecule has 1 aliphatic heterocycles. The molecule has 28 heavy (non-hydrogen) atoms. The molecule has 1 fully saturated rings. The summed E-state index contributed by atoms with van der Waals surface area (Å²) >= 11 is 1.05. The van der Waals surface area contributed by atoms with Gasteiger partial charge in [-0.1, -0.05) is 24.6 Å². The van der Waals surface area contributed by atoms with Crippen LogP contribution in [-0.2, 0) is 21.2 Å². The number of thiophene rings is 1. The van der Waals surface area contributed by atoms with Gasteiger partial charge in [-0.15, -0.1) is 11.3 Å². The highest BCUT2D eigenvalue weighted by molar-refractivity contribution is 7.91. The second kappa shape index (κ2) is 8.82. The average molecular weight is 422 g/mol. The Morgan fingerprint density at radius 1 is 1.21 bits per heavy atom. The second-order valence-electron chi connectivity index (χ2n) is 6.51. The van der Waals surface area contributed by atoms with Gasteiger partial charge in [0.2, 0.25) is 5.91 Å². The molecule has 1 aromatic heterocycles. The molecule has 1 atom stereocenters.